The summed E-state index contributed by atoms with van der Waals surface area (Å²) < 4.78 is 80.9. The molecule has 2 atom stereocenters. The van der Waals surface area contributed by atoms with Crippen molar-refractivity contribution in [3.63, 3.8) is 0 Å². The van der Waals surface area contributed by atoms with E-state index in [1.54, 1.807) is 36.4 Å². The number of rotatable bonds is 19. The number of benzene rings is 2. The lowest BCUT2D eigenvalue weighted by Gasteiger charge is -2.22. The first kappa shape index (κ1) is 41.3. The van der Waals surface area contributed by atoms with E-state index in [-0.39, 0.29) is 40.2 Å². The quantitative estimate of drug-likeness (QED) is 0.0310. The molecule has 0 aliphatic heterocycles. The number of ketones is 1. The Morgan fingerprint density at radius 2 is 1.78 bits per heavy atom. The highest BCUT2D eigenvalue weighted by Crippen LogP contribution is 2.40. The first-order valence-electron chi connectivity index (χ1n) is 16.4. The lowest BCUT2D eigenvalue weighted by Crippen LogP contribution is -2.36. The number of phenolic OH excluding ortho intramolecular Hbond substituents is 1. The Morgan fingerprint density at radius 1 is 1.04 bits per heavy atom. The lowest BCUT2D eigenvalue weighted by molar-refractivity contribution is -0.284. The van der Waals surface area contributed by atoms with E-state index < -0.39 is 47.7 Å². The van der Waals surface area contributed by atoms with Gasteiger partial charge < -0.3 is 24.1 Å². The number of alkyl halides is 5. The normalized spacial score (nSPS) is 13.6. The van der Waals surface area contributed by atoms with E-state index in [1.807, 2.05) is 13.0 Å². The van der Waals surface area contributed by atoms with Crippen LogP contribution in [-0.2, 0) is 11.2 Å². The van der Waals surface area contributed by atoms with E-state index in [4.69, 9.17) is 9.15 Å². The summed E-state index contributed by atoms with van der Waals surface area (Å²) in [6.45, 7) is 3.72. The minimum Gasteiger partial charge on any atom is -0.507 e. The van der Waals surface area contributed by atoms with E-state index in [0.717, 1.165) is 37.8 Å². The molecule has 0 saturated carbocycles. The van der Waals surface area contributed by atoms with Crippen LogP contribution >= 0.6 is 11.8 Å². The third-order valence-electron chi connectivity index (χ3n) is 7.83. The van der Waals surface area contributed by atoms with Crippen molar-refractivity contribution in [1.82, 2.24) is 0 Å². The molecular weight excluding hydrogens is 699 g/mol. The van der Waals surface area contributed by atoms with Crippen LogP contribution in [0.5, 0.6) is 11.5 Å². The number of thioether (sulfide) groups is 1. The molecule has 0 saturated heterocycles. The monoisotopic (exact) mass is 740 g/mol. The molecule has 14 heteroatoms. The molecule has 3 aromatic rings. The maximum absolute atomic E-state index is 13.5. The van der Waals surface area contributed by atoms with Crippen molar-refractivity contribution in [3.05, 3.63) is 87.8 Å². The van der Waals surface area contributed by atoms with Gasteiger partial charge in [-0.05, 0) is 75.8 Å². The molecule has 0 radical (unpaired) electrons. The fourth-order valence-corrected chi connectivity index (χ4v) is 6.17. The molecule has 2 aromatic carbocycles. The van der Waals surface area contributed by atoms with E-state index in [0.29, 0.717) is 42.1 Å². The van der Waals surface area contributed by atoms with Gasteiger partial charge in [-0.2, -0.15) is 22.0 Å². The molecule has 51 heavy (non-hydrogen) atoms. The van der Waals surface area contributed by atoms with Gasteiger partial charge in [-0.3, -0.25) is 9.59 Å². The van der Waals surface area contributed by atoms with Crippen molar-refractivity contribution in [2.24, 2.45) is 0 Å². The zero-order valence-corrected chi connectivity index (χ0v) is 29.3. The Balaban J connectivity index is 1.65. The molecule has 278 valence electrons. The van der Waals surface area contributed by atoms with Gasteiger partial charge in [-0.15, -0.1) is 11.8 Å². The summed E-state index contributed by atoms with van der Waals surface area (Å²) in [6.07, 6.45) is 0.795. The van der Waals surface area contributed by atoms with Gasteiger partial charge in [0, 0.05) is 22.9 Å². The van der Waals surface area contributed by atoms with Crippen LogP contribution < -0.4 is 10.2 Å². The summed E-state index contributed by atoms with van der Waals surface area (Å²) in [5.74, 6) is -5.83. The number of unbranched alkanes of at least 4 members (excludes halogenated alkanes) is 2. The van der Waals surface area contributed by atoms with Crippen LogP contribution in [0.2, 0.25) is 0 Å². The average Bonchev–Trinajstić information content (AvgIpc) is 3.06. The third-order valence-corrected chi connectivity index (χ3v) is 9.10. The van der Waals surface area contributed by atoms with Crippen molar-refractivity contribution in [2.75, 3.05) is 13.7 Å². The number of ether oxygens (including phenoxy) is 2. The number of aromatic hydroxyl groups is 1. The number of phenols is 1. The van der Waals surface area contributed by atoms with E-state index in [1.165, 1.54) is 19.1 Å². The van der Waals surface area contributed by atoms with Gasteiger partial charge in [0.1, 0.15) is 17.1 Å². The Hall–Kier alpha value is -4.17. The first-order chi connectivity index (χ1) is 24.1. The predicted molar refractivity (Wildman–Crippen MR) is 184 cm³/mol. The topological polar surface area (TPSA) is 123 Å². The second-order valence-electron chi connectivity index (χ2n) is 11.8. The number of hydrogen-bond donors (Lipinski definition) is 2. The van der Waals surface area contributed by atoms with Crippen LogP contribution in [-0.4, -0.2) is 59.1 Å². The highest BCUT2D eigenvalue weighted by Gasteiger charge is 2.56. The Labute approximate surface area is 296 Å². The van der Waals surface area contributed by atoms with Crippen molar-refractivity contribution < 1.29 is 55.6 Å². The van der Waals surface area contributed by atoms with Crippen LogP contribution in [0.15, 0.2) is 74.8 Å². The number of halogens is 5. The fraction of sp³-hybridized carbons (Fsp3) is 0.432. The zero-order valence-electron chi connectivity index (χ0n) is 28.4. The zero-order chi connectivity index (χ0) is 37.8. The summed E-state index contributed by atoms with van der Waals surface area (Å²) >= 11 is 1.07. The Morgan fingerprint density at radius 3 is 2.45 bits per heavy atom. The number of carbonyl (C=O) groups is 2. The molecule has 8 nitrogen and oxygen atoms in total. The van der Waals surface area contributed by atoms with E-state index >= 15 is 0 Å². The minimum absolute atomic E-state index is 0.0580. The molecule has 0 aliphatic carbocycles. The van der Waals surface area contributed by atoms with Crippen LogP contribution in [0, 0.1) is 0 Å². The first-order valence-corrected chi connectivity index (χ1v) is 17.2. The Kier molecular flexibility index (Phi) is 15.3. The fourth-order valence-electron chi connectivity index (χ4n) is 5.08. The average molecular weight is 741 g/mol. The van der Waals surface area contributed by atoms with Crippen molar-refractivity contribution in [2.45, 2.75) is 93.6 Å². The molecule has 1 aromatic heterocycles. The number of methoxy groups -OCH3 is 1. The van der Waals surface area contributed by atoms with E-state index in [2.05, 4.69) is 4.74 Å². The summed E-state index contributed by atoms with van der Waals surface area (Å²) in [6, 6.07) is 8.71. The molecule has 1 heterocycles. The van der Waals surface area contributed by atoms with Gasteiger partial charge in [0.25, 0.3) is 0 Å². The summed E-state index contributed by atoms with van der Waals surface area (Å²) in [7, 11) is 1.12. The molecule has 0 fully saturated rings. The smallest absolute Gasteiger partial charge is 0.453 e. The van der Waals surface area contributed by atoms with Gasteiger partial charge >= 0.3 is 18.1 Å². The molecule has 3 rings (SSSR count). The maximum Gasteiger partial charge on any atom is 0.453 e. The number of fused-ring (bicyclic) bond motifs is 1. The molecule has 0 amide bonds. The number of hydrogen-bond acceptors (Lipinski definition) is 9. The van der Waals surface area contributed by atoms with Crippen molar-refractivity contribution in [3.8, 4) is 11.5 Å². The van der Waals surface area contributed by atoms with Crippen molar-refractivity contribution in [1.29, 1.82) is 0 Å². The summed E-state index contributed by atoms with van der Waals surface area (Å²) in [5.41, 5.74) is 0.416. The summed E-state index contributed by atoms with van der Waals surface area (Å²) in [4.78, 5) is 36.6. The second-order valence-corrected chi connectivity index (χ2v) is 13.0. The molecular formula is C37H41F5O8S. The molecule has 0 aliphatic rings. The molecule has 0 spiro atoms. The van der Waals surface area contributed by atoms with Crippen molar-refractivity contribution >= 4 is 34.5 Å². The maximum atomic E-state index is 13.5. The SMILES string of the molecule is CCCc1c(OCCCC/C=C\C=C\[C@H](Sc2ccc3c(=O)cc(C(=O)OC)oc3c2)[C@H](O)CCCC(F)(F)C(F)(F)F)ccc(C(C)=O)c1O. The third kappa shape index (κ3) is 11.7. The number of aliphatic hydroxyl groups is 1. The lowest BCUT2D eigenvalue weighted by atomic mass is 10.0. The standard InChI is InChI=1S/C37H41F5O8S/c1-4-12-27-30(18-17-25(23(2)43)34(27)46)49-20-10-8-6-5-7-9-14-33(28(44)13-11-19-36(38,39)37(40,41)42)51-24-15-16-26-29(45)22-32(35(47)48-3)50-31(26)21-24/h5,7,9,14-18,21-22,28,33,44,46H,4,6,8,10-13,19-20H2,1-3H3/b7-5-,14-9+/t28-,33+/m1/s1. The number of aliphatic hydroxyl groups excluding tert-OH is 1. The van der Waals surface area contributed by atoms with Gasteiger partial charge in [-0.25, -0.2) is 4.79 Å². The van der Waals surface area contributed by atoms with Crippen LogP contribution in [0.3, 0.4) is 0 Å². The number of allylic oxidation sites excluding steroid dienone is 3. The molecule has 0 unspecified atom stereocenters. The van der Waals surface area contributed by atoms with Gasteiger partial charge in [0.2, 0.25) is 5.76 Å². The van der Waals surface area contributed by atoms with Gasteiger partial charge in [0.05, 0.1) is 36.0 Å². The highest BCUT2D eigenvalue weighted by molar-refractivity contribution is 8.00. The van der Waals surface area contributed by atoms with Gasteiger partial charge in [0.15, 0.2) is 11.2 Å². The van der Waals surface area contributed by atoms with Crippen LogP contribution in [0.1, 0.15) is 85.3 Å². The number of Topliss-reactive ketones (excluding diaryl/α,β-unsaturated/α-hetero) is 1. The molecule has 2 N–H and O–H groups in total. The van der Waals surface area contributed by atoms with E-state index in [9.17, 15) is 46.5 Å². The predicted octanol–water partition coefficient (Wildman–Crippen LogP) is 8.99. The summed E-state index contributed by atoms with van der Waals surface area (Å²) in [5, 5.41) is 20.8. The minimum atomic E-state index is -5.69. The highest BCUT2D eigenvalue weighted by atomic mass is 32.2. The second kappa shape index (κ2) is 18.9. The van der Waals surface area contributed by atoms with Crippen LogP contribution in [0.25, 0.3) is 11.0 Å². The number of esters is 1. The largest absolute Gasteiger partial charge is 0.507 e. The molecule has 0 bridgehead atoms. The number of carbonyl (C=O) groups excluding carboxylic acids is 2. The van der Waals surface area contributed by atoms with Gasteiger partial charge in [-0.1, -0.05) is 37.6 Å². The van der Waals surface area contributed by atoms with Crippen LogP contribution in [0.4, 0.5) is 22.0 Å². The Bertz CT molecular complexity index is 1770.